The summed E-state index contributed by atoms with van der Waals surface area (Å²) in [7, 11) is 0. The Morgan fingerprint density at radius 1 is 1.77 bits per heavy atom. The summed E-state index contributed by atoms with van der Waals surface area (Å²) in [6.07, 6.45) is 4.15. The lowest BCUT2D eigenvalue weighted by molar-refractivity contribution is 0.0935. The summed E-state index contributed by atoms with van der Waals surface area (Å²) in [6, 6.07) is 0.302. The smallest absolute Gasteiger partial charge is 0.280 e. The molecule has 0 radical (unpaired) electrons. The molecule has 1 saturated carbocycles. The molecule has 13 heavy (non-hydrogen) atoms. The minimum Gasteiger partial charge on any atom is -0.347 e. The Bertz CT molecular complexity index is 293. The monoisotopic (exact) mass is 196 g/mol. The van der Waals surface area contributed by atoms with E-state index in [1.807, 2.05) is 5.38 Å². The molecule has 0 aromatic carbocycles. The Kier molecular flexibility index (Phi) is 2.31. The predicted molar refractivity (Wildman–Crippen MR) is 51.8 cm³/mol. The highest BCUT2D eigenvalue weighted by Gasteiger charge is 2.29. The van der Waals surface area contributed by atoms with Gasteiger partial charge in [0, 0.05) is 17.6 Å². The number of nitrogens with zero attached hydrogens (tertiary/aromatic N) is 1. The van der Waals surface area contributed by atoms with Crippen molar-refractivity contribution in [2.24, 2.45) is 5.92 Å². The van der Waals surface area contributed by atoms with Crippen LogP contribution in [0.15, 0.2) is 11.6 Å². The van der Waals surface area contributed by atoms with E-state index in [9.17, 15) is 4.79 Å². The predicted octanol–water partition coefficient (Wildman–Crippen LogP) is 1.67. The molecule has 1 aliphatic rings. The van der Waals surface area contributed by atoms with Crippen molar-refractivity contribution in [3.63, 3.8) is 0 Å². The van der Waals surface area contributed by atoms with Crippen molar-refractivity contribution in [3.8, 4) is 0 Å². The van der Waals surface area contributed by atoms with Gasteiger partial charge < -0.3 is 5.32 Å². The van der Waals surface area contributed by atoms with Gasteiger partial charge in [0.1, 0.15) is 0 Å². The Balaban J connectivity index is 1.91. The minimum atomic E-state index is -0.0330. The summed E-state index contributed by atoms with van der Waals surface area (Å²) < 4.78 is 0. The Hall–Kier alpha value is -0.900. The molecule has 1 N–H and O–H groups in total. The maximum atomic E-state index is 11.5. The second-order valence-electron chi connectivity index (χ2n) is 3.44. The molecule has 1 amide bonds. The lowest BCUT2D eigenvalue weighted by Gasteiger charge is -2.10. The van der Waals surface area contributed by atoms with Gasteiger partial charge in [-0.1, -0.05) is 0 Å². The molecule has 1 atom stereocenters. The van der Waals surface area contributed by atoms with Gasteiger partial charge >= 0.3 is 0 Å². The summed E-state index contributed by atoms with van der Waals surface area (Å²) in [5.41, 5.74) is 0. The van der Waals surface area contributed by atoms with Gasteiger partial charge in [-0.15, -0.1) is 11.3 Å². The van der Waals surface area contributed by atoms with Gasteiger partial charge in [0.05, 0.1) is 0 Å². The first-order valence-corrected chi connectivity index (χ1v) is 5.35. The molecule has 2 rings (SSSR count). The minimum absolute atomic E-state index is 0.0330. The average Bonchev–Trinajstić information content (AvgIpc) is 2.81. The van der Waals surface area contributed by atoms with Gasteiger partial charge in [0.15, 0.2) is 5.01 Å². The van der Waals surface area contributed by atoms with Crippen LogP contribution in [0.5, 0.6) is 0 Å². The van der Waals surface area contributed by atoms with E-state index in [1.54, 1.807) is 6.20 Å². The zero-order valence-electron chi connectivity index (χ0n) is 7.49. The number of nitrogens with one attached hydrogen (secondary N) is 1. The van der Waals surface area contributed by atoms with Gasteiger partial charge in [0.2, 0.25) is 0 Å². The molecule has 0 aliphatic heterocycles. The number of carbonyl (C=O) groups is 1. The average molecular weight is 196 g/mol. The Labute approximate surface area is 81.2 Å². The van der Waals surface area contributed by atoms with Crippen molar-refractivity contribution < 1.29 is 4.79 Å². The van der Waals surface area contributed by atoms with Crippen LogP contribution in [0.25, 0.3) is 0 Å². The Morgan fingerprint density at radius 2 is 2.54 bits per heavy atom. The largest absolute Gasteiger partial charge is 0.347 e. The zero-order valence-corrected chi connectivity index (χ0v) is 8.30. The number of hydrogen-bond acceptors (Lipinski definition) is 3. The molecule has 0 bridgehead atoms. The second kappa shape index (κ2) is 3.46. The molecule has 1 unspecified atom stereocenters. The van der Waals surface area contributed by atoms with E-state index in [0.29, 0.717) is 17.0 Å². The molecule has 1 aromatic rings. The van der Waals surface area contributed by atoms with Crippen molar-refractivity contribution in [1.82, 2.24) is 10.3 Å². The van der Waals surface area contributed by atoms with Crippen LogP contribution in [0, 0.1) is 5.92 Å². The van der Waals surface area contributed by atoms with E-state index in [1.165, 1.54) is 24.2 Å². The van der Waals surface area contributed by atoms with Gasteiger partial charge in [-0.3, -0.25) is 4.79 Å². The molecular formula is C9H12N2OS. The third-order valence-electron chi connectivity index (χ3n) is 2.31. The quantitative estimate of drug-likeness (QED) is 0.799. The van der Waals surface area contributed by atoms with Crippen LogP contribution in [0.1, 0.15) is 29.6 Å². The molecular weight excluding hydrogens is 184 g/mol. The molecule has 1 fully saturated rings. The van der Waals surface area contributed by atoms with E-state index in [0.717, 1.165) is 0 Å². The summed E-state index contributed by atoms with van der Waals surface area (Å²) in [5, 5.41) is 5.33. The standard InChI is InChI=1S/C9H12N2OS/c1-6(7-2-3-7)11-8(12)9-10-4-5-13-9/h4-7H,2-3H2,1H3,(H,11,12). The van der Waals surface area contributed by atoms with Crippen LogP contribution >= 0.6 is 11.3 Å². The number of amides is 1. The Morgan fingerprint density at radius 3 is 3.08 bits per heavy atom. The fraction of sp³-hybridized carbons (Fsp3) is 0.556. The van der Waals surface area contributed by atoms with Crippen LogP contribution in [-0.2, 0) is 0 Å². The van der Waals surface area contributed by atoms with Crippen LogP contribution in [-0.4, -0.2) is 16.9 Å². The highest BCUT2D eigenvalue weighted by molar-refractivity contribution is 7.11. The normalized spacial score (nSPS) is 18.2. The molecule has 1 heterocycles. The van der Waals surface area contributed by atoms with Crippen molar-refractivity contribution in [3.05, 3.63) is 16.6 Å². The van der Waals surface area contributed by atoms with E-state index < -0.39 is 0 Å². The molecule has 3 nitrogen and oxygen atoms in total. The fourth-order valence-corrected chi connectivity index (χ4v) is 1.86. The van der Waals surface area contributed by atoms with E-state index >= 15 is 0 Å². The number of thiazole rings is 1. The highest BCUT2D eigenvalue weighted by Crippen LogP contribution is 2.32. The molecule has 0 spiro atoms. The molecule has 1 aromatic heterocycles. The number of rotatable bonds is 3. The molecule has 1 aliphatic carbocycles. The fourth-order valence-electron chi connectivity index (χ4n) is 1.32. The molecule has 0 saturated heterocycles. The van der Waals surface area contributed by atoms with Crippen LogP contribution in [0.3, 0.4) is 0 Å². The number of carbonyl (C=O) groups excluding carboxylic acids is 1. The molecule has 4 heteroatoms. The third kappa shape index (κ3) is 2.06. The van der Waals surface area contributed by atoms with E-state index in [2.05, 4.69) is 17.2 Å². The summed E-state index contributed by atoms with van der Waals surface area (Å²) >= 11 is 1.38. The van der Waals surface area contributed by atoms with Crippen molar-refractivity contribution >= 4 is 17.2 Å². The van der Waals surface area contributed by atoms with Gasteiger partial charge in [-0.25, -0.2) is 4.98 Å². The van der Waals surface area contributed by atoms with Gasteiger partial charge in [-0.2, -0.15) is 0 Å². The topological polar surface area (TPSA) is 42.0 Å². The maximum absolute atomic E-state index is 11.5. The van der Waals surface area contributed by atoms with Gasteiger partial charge in [-0.05, 0) is 25.7 Å². The maximum Gasteiger partial charge on any atom is 0.280 e. The first-order valence-electron chi connectivity index (χ1n) is 4.47. The van der Waals surface area contributed by atoms with Crippen LogP contribution < -0.4 is 5.32 Å². The number of aromatic nitrogens is 1. The van der Waals surface area contributed by atoms with Crippen molar-refractivity contribution in [2.45, 2.75) is 25.8 Å². The first-order chi connectivity index (χ1) is 6.27. The first kappa shape index (κ1) is 8.69. The van der Waals surface area contributed by atoms with E-state index in [4.69, 9.17) is 0 Å². The second-order valence-corrected chi connectivity index (χ2v) is 4.33. The lowest BCUT2D eigenvalue weighted by atomic mass is 10.2. The highest BCUT2D eigenvalue weighted by atomic mass is 32.1. The van der Waals surface area contributed by atoms with Gasteiger partial charge in [0.25, 0.3) is 5.91 Å². The van der Waals surface area contributed by atoms with Crippen molar-refractivity contribution in [1.29, 1.82) is 0 Å². The zero-order chi connectivity index (χ0) is 9.26. The number of hydrogen-bond donors (Lipinski definition) is 1. The summed E-state index contributed by atoms with van der Waals surface area (Å²) in [4.78, 5) is 15.4. The van der Waals surface area contributed by atoms with E-state index in [-0.39, 0.29) is 5.91 Å². The summed E-state index contributed by atoms with van der Waals surface area (Å²) in [6.45, 7) is 2.06. The van der Waals surface area contributed by atoms with Crippen LogP contribution in [0.4, 0.5) is 0 Å². The van der Waals surface area contributed by atoms with Crippen LogP contribution in [0.2, 0.25) is 0 Å². The molecule has 70 valence electrons. The summed E-state index contributed by atoms with van der Waals surface area (Å²) in [5.74, 6) is 0.665. The SMILES string of the molecule is CC(NC(=O)c1nccs1)C1CC1. The van der Waals surface area contributed by atoms with Crippen molar-refractivity contribution in [2.75, 3.05) is 0 Å². The lowest BCUT2D eigenvalue weighted by Crippen LogP contribution is -2.33. The third-order valence-corrected chi connectivity index (χ3v) is 3.09.